The van der Waals surface area contributed by atoms with Crippen LogP contribution in [0.25, 0.3) is 0 Å². The summed E-state index contributed by atoms with van der Waals surface area (Å²) >= 11 is 0. The van der Waals surface area contributed by atoms with Crippen LogP contribution >= 0.6 is 0 Å². The number of carboxylic acids is 1. The number of halogens is 2. The maximum atomic E-state index is 13.7. The Labute approximate surface area is 120 Å². The fourth-order valence-electron chi connectivity index (χ4n) is 2.08. The van der Waals surface area contributed by atoms with Crippen molar-refractivity contribution in [3.63, 3.8) is 0 Å². The monoisotopic (exact) mass is 292 g/mol. The Balaban J connectivity index is 2.38. The zero-order chi connectivity index (χ0) is 15.6. The van der Waals surface area contributed by atoms with Crippen LogP contribution in [-0.4, -0.2) is 11.1 Å². The number of carbonyl (C=O) groups is 1. The van der Waals surface area contributed by atoms with E-state index in [0.717, 1.165) is 6.07 Å². The van der Waals surface area contributed by atoms with Crippen LogP contribution in [0.1, 0.15) is 28.9 Å². The van der Waals surface area contributed by atoms with Gasteiger partial charge >= 0.3 is 5.97 Å². The molecule has 0 bridgehead atoms. The third-order valence-corrected chi connectivity index (χ3v) is 3.15. The Morgan fingerprint density at radius 1 is 1.19 bits per heavy atom. The third kappa shape index (κ3) is 2.94. The van der Waals surface area contributed by atoms with Crippen LogP contribution in [0.2, 0.25) is 0 Å². The average molecular weight is 292 g/mol. The minimum absolute atomic E-state index is 0.136. The van der Waals surface area contributed by atoms with Gasteiger partial charge in [-0.05, 0) is 25.1 Å². The van der Waals surface area contributed by atoms with Gasteiger partial charge in [0.25, 0.3) is 0 Å². The highest BCUT2D eigenvalue weighted by Crippen LogP contribution is 2.29. The maximum absolute atomic E-state index is 13.7. The van der Waals surface area contributed by atoms with E-state index in [4.69, 9.17) is 10.8 Å². The molecule has 2 aromatic rings. The lowest BCUT2D eigenvalue weighted by Gasteiger charge is -2.18. The highest BCUT2D eigenvalue weighted by Gasteiger charge is 2.19. The first-order chi connectivity index (χ1) is 9.91. The SMILES string of the molecule is CC(Nc1ccc(F)c(N)c1C(=O)O)c1ccccc1F. The first-order valence-corrected chi connectivity index (χ1v) is 6.24. The fraction of sp³-hybridized carbons (Fsp3) is 0.133. The van der Waals surface area contributed by atoms with Crippen molar-refractivity contribution in [1.82, 2.24) is 0 Å². The molecule has 21 heavy (non-hydrogen) atoms. The first kappa shape index (κ1) is 14.8. The van der Waals surface area contributed by atoms with Crippen molar-refractivity contribution in [1.29, 1.82) is 0 Å². The molecule has 0 aromatic heterocycles. The van der Waals surface area contributed by atoms with Crippen LogP contribution in [0.15, 0.2) is 36.4 Å². The Hall–Kier alpha value is -2.63. The van der Waals surface area contributed by atoms with Crippen molar-refractivity contribution in [2.45, 2.75) is 13.0 Å². The molecule has 4 N–H and O–H groups in total. The van der Waals surface area contributed by atoms with Crippen molar-refractivity contribution < 1.29 is 18.7 Å². The molecular weight excluding hydrogens is 278 g/mol. The van der Waals surface area contributed by atoms with E-state index in [-0.39, 0.29) is 11.3 Å². The van der Waals surface area contributed by atoms with E-state index < -0.39 is 29.3 Å². The number of benzene rings is 2. The minimum atomic E-state index is -1.35. The number of nitrogen functional groups attached to an aromatic ring is 1. The zero-order valence-electron chi connectivity index (χ0n) is 11.2. The molecule has 2 rings (SSSR count). The van der Waals surface area contributed by atoms with E-state index in [1.165, 1.54) is 12.1 Å². The summed E-state index contributed by atoms with van der Waals surface area (Å²) in [5.74, 6) is -2.57. The summed E-state index contributed by atoms with van der Waals surface area (Å²) in [4.78, 5) is 11.2. The molecule has 2 aromatic carbocycles. The second-order valence-corrected chi connectivity index (χ2v) is 4.58. The van der Waals surface area contributed by atoms with E-state index in [2.05, 4.69) is 5.32 Å². The number of nitrogens with one attached hydrogen (secondary N) is 1. The molecule has 0 saturated heterocycles. The fourth-order valence-corrected chi connectivity index (χ4v) is 2.08. The van der Waals surface area contributed by atoms with Crippen molar-refractivity contribution >= 4 is 17.3 Å². The molecular formula is C15H14F2N2O2. The van der Waals surface area contributed by atoms with Gasteiger partial charge in [0.2, 0.25) is 0 Å². The molecule has 0 aliphatic rings. The summed E-state index contributed by atoms with van der Waals surface area (Å²) in [5, 5.41) is 12.0. The van der Waals surface area contributed by atoms with E-state index in [9.17, 15) is 13.6 Å². The molecule has 6 heteroatoms. The molecule has 0 saturated carbocycles. The van der Waals surface area contributed by atoms with E-state index in [1.54, 1.807) is 25.1 Å². The normalized spacial score (nSPS) is 12.0. The van der Waals surface area contributed by atoms with E-state index in [1.807, 2.05) is 0 Å². The van der Waals surface area contributed by atoms with E-state index in [0.29, 0.717) is 5.56 Å². The summed E-state index contributed by atoms with van der Waals surface area (Å²) in [6.07, 6.45) is 0. The van der Waals surface area contributed by atoms with Gasteiger partial charge in [-0.2, -0.15) is 0 Å². The van der Waals surface area contributed by atoms with Gasteiger partial charge in [0.1, 0.15) is 17.2 Å². The summed E-state index contributed by atoms with van der Waals surface area (Å²) in [6.45, 7) is 1.67. The first-order valence-electron chi connectivity index (χ1n) is 6.24. The molecule has 0 aliphatic carbocycles. The molecule has 0 spiro atoms. The van der Waals surface area contributed by atoms with Gasteiger partial charge in [0, 0.05) is 5.56 Å². The smallest absolute Gasteiger partial charge is 0.340 e. The quantitative estimate of drug-likeness (QED) is 0.755. The molecule has 0 radical (unpaired) electrons. The van der Waals surface area contributed by atoms with Crippen LogP contribution in [0.3, 0.4) is 0 Å². The topological polar surface area (TPSA) is 75.3 Å². The van der Waals surface area contributed by atoms with Gasteiger partial charge in [0.15, 0.2) is 0 Å². The van der Waals surface area contributed by atoms with Crippen LogP contribution < -0.4 is 11.1 Å². The van der Waals surface area contributed by atoms with Crippen molar-refractivity contribution in [2.75, 3.05) is 11.1 Å². The minimum Gasteiger partial charge on any atom is -0.478 e. The number of hydrogen-bond donors (Lipinski definition) is 3. The largest absolute Gasteiger partial charge is 0.478 e. The Kier molecular flexibility index (Phi) is 4.07. The van der Waals surface area contributed by atoms with Crippen LogP contribution in [-0.2, 0) is 0 Å². The van der Waals surface area contributed by atoms with Gasteiger partial charge < -0.3 is 16.2 Å². The lowest BCUT2D eigenvalue weighted by atomic mass is 10.1. The Bertz CT molecular complexity index is 689. The Morgan fingerprint density at radius 3 is 2.48 bits per heavy atom. The number of hydrogen-bond acceptors (Lipinski definition) is 3. The van der Waals surface area contributed by atoms with Crippen molar-refractivity contribution in [2.24, 2.45) is 0 Å². The molecule has 4 nitrogen and oxygen atoms in total. The van der Waals surface area contributed by atoms with Gasteiger partial charge in [-0.3, -0.25) is 0 Å². The van der Waals surface area contributed by atoms with Gasteiger partial charge in [-0.25, -0.2) is 13.6 Å². The lowest BCUT2D eigenvalue weighted by molar-refractivity contribution is 0.0698. The second kappa shape index (κ2) is 5.78. The predicted octanol–water partition coefficient (Wildman–Crippen LogP) is 3.42. The van der Waals surface area contributed by atoms with Crippen LogP contribution in [0.5, 0.6) is 0 Å². The molecule has 0 aliphatic heterocycles. The van der Waals surface area contributed by atoms with Gasteiger partial charge in [-0.15, -0.1) is 0 Å². The van der Waals surface area contributed by atoms with Crippen LogP contribution in [0.4, 0.5) is 20.2 Å². The highest BCUT2D eigenvalue weighted by atomic mass is 19.1. The predicted molar refractivity (Wildman–Crippen MR) is 76.2 cm³/mol. The second-order valence-electron chi connectivity index (χ2n) is 4.58. The number of carboxylic acid groups (broad SMARTS) is 1. The number of nitrogens with two attached hydrogens (primary N) is 1. The zero-order valence-corrected chi connectivity index (χ0v) is 11.2. The lowest BCUT2D eigenvalue weighted by Crippen LogP contribution is -2.14. The summed E-state index contributed by atoms with van der Waals surface area (Å²) in [6, 6.07) is 7.96. The van der Waals surface area contributed by atoms with Gasteiger partial charge in [0.05, 0.1) is 17.4 Å². The number of rotatable bonds is 4. The number of anilines is 2. The average Bonchev–Trinajstić information content (AvgIpc) is 2.43. The Morgan fingerprint density at radius 2 is 1.86 bits per heavy atom. The standard InChI is InChI=1S/C15H14F2N2O2/c1-8(9-4-2-3-5-10(9)16)19-12-7-6-11(17)14(18)13(12)15(20)21/h2-8,19H,18H2,1H3,(H,20,21). The molecule has 1 atom stereocenters. The molecule has 1 unspecified atom stereocenters. The highest BCUT2D eigenvalue weighted by molar-refractivity contribution is 6.00. The van der Waals surface area contributed by atoms with E-state index >= 15 is 0 Å². The van der Waals surface area contributed by atoms with Crippen molar-refractivity contribution in [3.05, 3.63) is 59.2 Å². The summed E-state index contributed by atoms with van der Waals surface area (Å²) in [5.41, 5.74) is 5.15. The van der Waals surface area contributed by atoms with Crippen LogP contribution in [0, 0.1) is 11.6 Å². The number of aromatic carboxylic acids is 1. The third-order valence-electron chi connectivity index (χ3n) is 3.15. The maximum Gasteiger partial charge on any atom is 0.340 e. The summed E-state index contributed by atoms with van der Waals surface area (Å²) in [7, 11) is 0. The van der Waals surface area contributed by atoms with Gasteiger partial charge in [-0.1, -0.05) is 18.2 Å². The molecule has 0 amide bonds. The van der Waals surface area contributed by atoms with Crippen molar-refractivity contribution in [3.8, 4) is 0 Å². The summed E-state index contributed by atoms with van der Waals surface area (Å²) < 4.78 is 27.1. The molecule has 0 fully saturated rings. The molecule has 110 valence electrons. The molecule has 0 heterocycles.